The van der Waals surface area contributed by atoms with Gasteiger partial charge in [0, 0.05) is 6.54 Å². The van der Waals surface area contributed by atoms with Crippen molar-refractivity contribution < 1.29 is 18.7 Å². The number of hydrogen-bond acceptors (Lipinski definition) is 4. The van der Waals surface area contributed by atoms with Crippen molar-refractivity contribution in [1.82, 2.24) is 5.32 Å². The summed E-state index contributed by atoms with van der Waals surface area (Å²) in [6.07, 6.45) is -1.02. The molecule has 0 fully saturated rings. The number of hydrogen-bond donors (Lipinski definition) is 2. The van der Waals surface area contributed by atoms with Crippen LogP contribution in [0.5, 0.6) is 0 Å². The molecule has 2 aromatic carbocycles. The predicted octanol–water partition coefficient (Wildman–Crippen LogP) is 2.92. The number of nitrogens with one attached hydrogen (secondary N) is 1. The lowest BCUT2D eigenvalue weighted by atomic mass is 10.2. The van der Waals surface area contributed by atoms with Crippen LogP contribution in [0.2, 0.25) is 5.02 Å². The summed E-state index contributed by atoms with van der Waals surface area (Å²) in [4.78, 5) is 24.0. The number of anilines is 1. The number of carbonyl (C=O) groups excluding carboxylic acids is 2. The molecule has 0 aliphatic heterocycles. The van der Waals surface area contributed by atoms with Crippen LogP contribution in [-0.4, -0.2) is 18.0 Å². The normalized spacial score (nSPS) is 11.6. The summed E-state index contributed by atoms with van der Waals surface area (Å²) in [6.45, 7) is 1.64. The van der Waals surface area contributed by atoms with Crippen molar-refractivity contribution in [3.8, 4) is 0 Å². The molecule has 2 aromatic rings. The Bertz CT molecular complexity index is 750. The van der Waals surface area contributed by atoms with Gasteiger partial charge in [0.25, 0.3) is 5.91 Å². The van der Waals surface area contributed by atoms with Gasteiger partial charge in [-0.2, -0.15) is 0 Å². The third-order valence-corrected chi connectivity index (χ3v) is 3.64. The molecule has 0 saturated carbocycles. The van der Waals surface area contributed by atoms with Crippen molar-refractivity contribution in [2.24, 2.45) is 0 Å². The quantitative estimate of drug-likeness (QED) is 0.641. The van der Waals surface area contributed by atoms with Crippen LogP contribution in [0.15, 0.2) is 42.5 Å². The smallest absolute Gasteiger partial charge is 0.341 e. The molecule has 3 N–H and O–H groups in total. The zero-order valence-electron chi connectivity index (χ0n) is 12.9. The molecule has 7 heteroatoms. The van der Waals surface area contributed by atoms with E-state index in [-0.39, 0.29) is 28.6 Å². The number of esters is 1. The first-order valence-corrected chi connectivity index (χ1v) is 7.53. The standard InChI is InChI=1S/C17H16ClFN2O3/c1-10(16(22)21-9-11-5-7-12(19)8-6-11)24-17(23)13-3-2-4-14(18)15(13)20/h2-8,10H,9,20H2,1H3,(H,21,22). The number of carbonyl (C=O) groups is 2. The molecule has 126 valence electrons. The van der Waals surface area contributed by atoms with E-state index in [1.165, 1.54) is 25.1 Å². The molecule has 24 heavy (non-hydrogen) atoms. The third-order valence-electron chi connectivity index (χ3n) is 3.31. The van der Waals surface area contributed by atoms with Crippen molar-refractivity contribution in [3.63, 3.8) is 0 Å². The first-order chi connectivity index (χ1) is 11.4. The maximum atomic E-state index is 12.8. The maximum Gasteiger partial charge on any atom is 0.341 e. The fourth-order valence-electron chi connectivity index (χ4n) is 1.93. The van der Waals surface area contributed by atoms with Crippen LogP contribution in [0.1, 0.15) is 22.8 Å². The summed E-state index contributed by atoms with van der Waals surface area (Å²) >= 11 is 5.85. The second kappa shape index (κ2) is 7.79. The molecule has 0 aliphatic carbocycles. The largest absolute Gasteiger partial charge is 0.449 e. The van der Waals surface area contributed by atoms with Gasteiger partial charge in [0.05, 0.1) is 16.3 Å². The molecule has 0 saturated heterocycles. The molecular formula is C17H16ClFN2O3. The molecule has 1 atom stereocenters. The molecule has 2 rings (SSSR count). The highest BCUT2D eigenvalue weighted by Crippen LogP contribution is 2.23. The Hall–Kier alpha value is -2.60. The highest BCUT2D eigenvalue weighted by Gasteiger charge is 2.20. The van der Waals surface area contributed by atoms with E-state index in [1.54, 1.807) is 24.3 Å². The van der Waals surface area contributed by atoms with Crippen LogP contribution < -0.4 is 11.1 Å². The van der Waals surface area contributed by atoms with Gasteiger partial charge in [0.1, 0.15) is 5.82 Å². The number of nitrogen functional groups attached to an aromatic ring is 1. The van der Waals surface area contributed by atoms with Crippen molar-refractivity contribution in [3.05, 3.63) is 64.4 Å². The average molecular weight is 351 g/mol. The van der Waals surface area contributed by atoms with Gasteiger partial charge in [-0.25, -0.2) is 9.18 Å². The minimum atomic E-state index is -1.02. The monoisotopic (exact) mass is 350 g/mol. The topological polar surface area (TPSA) is 81.4 Å². The first kappa shape index (κ1) is 17.7. The minimum absolute atomic E-state index is 0.0979. The Morgan fingerprint density at radius 3 is 2.58 bits per heavy atom. The molecule has 1 amide bonds. The number of para-hydroxylation sites is 1. The lowest BCUT2D eigenvalue weighted by Gasteiger charge is -2.14. The lowest BCUT2D eigenvalue weighted by molar-refractivity contribution is -0.129. The van der Waals surface area contributed by atoms with Gasteiger partial charge in [-0.15, -0.1) is 0 Å². The Balaban J connectivity index is 1.92. The minimum Gasteiger partial charge on any atom is -0.449 e. The second-order valence-corrected chi connectivity index (χ2v) is 5.50. The van der Waals surface area contributed by atoms with Crippen LogP contribution in [0.4, 0.5) is 10.1 Å². The average Bonchev–Trinajstić information content (AvgIpc) is 2.56. The van der Waals surface area contributed by atoms with Crippen molar-refractivity contribution in [2.75, 3.05) is 5.73 Å². The van der Waals surface area contributed by atoms with E-state index in [4.69, 9.17) is 22.1 Å². The molecule has 0 spiro atoms. The van der Waals surface area contributed by atoms with Gasteiger partial charge in [-0.1, -0.05) is 29.8 Å². The van der Waals surface area contributed by atoms with E-state index in [9.17, 15) is 14.0 Å². The predicted molar refractivity (Wildman–Crippen MR) is 89.0 cm³/mol. The van der Waals surface area contributed by atoms with Crippen LogP contribution in [0, 0.1) is 5.82 Å². The molecule has 0 bridgehead atoms. The Labute approximate surface area is 143 Å². The van der Waals surface area contributed by atoms with E-state index >= 15 is 0 Å². The van der Waals surface area contributed by atoms with Gasteiger partial charge in [-0.05, 0) is 36.8 Å². The lowest BCUT2D eigenvalue weighted by Crippen LogP contribution is -2.35. The number of halogens is 2. The molecule has 1 unspecified atom stereocenters. The van der Waals surface area contributed by atoms with Crippen LogP contribution in [0.25, 0.3) is 0 Å². The van der Waals surface area contributed by atoms with Gasteiger partial charge < -0.3 is 15.8 Å². The Morgan fingerprint density at radius 1 is 1.25 bits per heavy atom. The molecule has 0 heterocycles. The zero-order valence-corrected chi connectivity index (χ0v) is 13.6. The number of amides is 1. The number of ether oxygens (including phenoxy) is 1. The third kappa shape index (κ3) is 4.45. The van der Waals surface area contributed by atoms with E-state index in [0.29, 0.717) is 0 Å². The summed E-state index contributed by atoms with van der Waals surface area (Å²) in [5.74, 6) is -1.57. The Morgan fingerprint density at radius 2 is 1.92 bits per heavy atom. The summed E-state index contributed by atoms with van der Waals surface area (Å²) in [5, 5.41) is 2.84. The summed E-state index contributed by atoms with van der Waals surface area (Å²) in [6, 6.07) is 10.3. The van der Waals surface area contributed by atoms with E-state index < -0.39 is 18.0 Å². The van der Waals surface area contributed by atoms with Crippen molar-refractivity contribution in [1.29, 1.82) is 0 Å². The van der Waals surface area contributed by atoms with Crippen molar-refractivity contribution >= 4 is 29.2 Å². The van der Waals surface area contributed by atoms with Gasteiger partial charge in [-0.3, -0.25) is 4.79 Å². The number of rotatable bonds is 5. The molecule has 0 aliphatic rings. The van der Waals surface area contributed by atoms with E-state index in [1.807, 2.05) is 0 Å². The zero-order chi connectivity index (χ0) is 17.7. The van der Waals surface area contributed by atoms with Gasteiger partial charge >= 0.3 is 5.97 Å². The first-order valence-electron chi connectivity index (χ1n) is 7.15. The Kier molecular flexibility index (Phi) is 5.76. The highest BCUT2D eigenvalue weighted by molar-refractivity contribution is 6.33. The van der Waals surface area contributed by atoms with Gasteiger partial charge in [0.2, 0.25) is 0 Å². The van der Waals surface area contributed by atoms with Crippen LogP contribution in [0.3, 0.4) is 0 Å². The maximum absolute atomic E-state index is 12.8. The number of nitrogens with two attached hydrogens (primary N) is 1. The molecule has 0 aromatic heterocycles. The fourth-order valence-corrected chi connectivity index (χ4v) is 2.10. The van der Waals surface area contributed by atoms with Gasteiger partial charge in [0.15, 0.2) is 6.10 Å². The molecular weight excluding hydrogens is 335 g/mol. The number of benzene rings is 2. The SMILES string of the molecule is CC(OC(=O)c1cccc(Cl)c1N)C(=O)NCc1ccc(F)cc1. The van der Waals surface area contributed by atoms with Crippen molar-refractivity contribution in [2.45, 2.75) is 19.6 Å². The summed E-state index contributed by atoms with van der Waals surface area (Å²) in [7, 11) is 0. The molecule has 5 nitrogen and oxygen atoms in total. The summed E-state index contributed by atoms with van der Waals surface area (Å²) < 4.78 is 17.9. The summed E-state index contributed by atoms with van der Waals surface area (Å²) in [5.41, 5.74) is 6.64. The van der Waals surface area contributed by atoms with Crippen LogP contribution >= 0.6 is 11.6 Å². The van der Waals surface area contributed by atoms with Crippen LogP contribution in [-0.2, 0) is 16.1 Å². The highest BCUT2D eigenvalue weighted by atomic mass is 35.5. The van der Waals surface area contributed by atoms with E-state index in [0.717, 1.165) is 5.56 Å². The fraction of sp³-hybridized carbons (Fsp3) is 0.176. The second-order valence-electron chi connectivity index (χ2n) is 5.09. The molecule has 0 radical (unpaired) electrons. The van der Waals surface area contributed by atoms with E-state index in [2.05, 4.69) is 5.32 Å².